The van der Waals surface area contributed by atoms with E-state index in [0.29, 0.717) is 11.8 Å². The molecule has 0 aromatic heterocycles. The molecule has 4 heteroatoms. The highest BCUT2D eigenvalue weighted by atomic mass is 16.5. The van der Waals surface area contributed by atoms with E-state index in [2.05, 4.69) is 0 Å². The van der Waals surface area contributed by atoms with Crippen molar-refractivity contribution in [3.63, 3.8) is 0 Å². The first-order chi connectivity index (χ1) is 6.66. The molecule has 0 radical (unpaired) electrons. The lowest BCUT2D eigenvalue weighted by Crippen LogP contribution is -2.53. The highest BCUT2D eigenvalue weighted by molar-refractivity contribution is 5.83. The Morgan fingerprint density at radius 2 is 2.00 bits per heavy atom. The van der Waals surface area contributed by atoms with Crippen molar-refractivity contribution in [1.29, 1.82) is 0 Å². The van der Waals surface area contributed by atoms with E-state index in [1.165, 1.54) is 0 Å². The maximum Gasteiger partial charge on any atom is 0.249 e. The second-order valence-electron chi connectivity index (χ2n) is 4.48. The number of rotatable bonds is 2. The number of fused-ring (bicyclic) bond motifs is 2. The normalized spacial score (nSPS) is 42.1. The number of carbonyl (C=O) groups is 1. The summed E-state index contributed by atoms with van der Waals surface area (Å²) in [7, 11) is 1.58. The van der Waals surface area contributed by atoms with Crippen LogP contribution in [-0.4, -0.2) is 31.8 Å². The molecule has 1 amide bonds. The lowest BCUT2D eigenvalue weighted by Gasteiger charge is -2.44. The van der Waals surface area contributed by atoms with Crippen molar-refractivity contribution in [2.24, 2.45) is 17.6 Å². The fourth-order valence-electron chi connectivity index (χ4n) is 2.78. The molecule has 1 heterocycles. The van der Waals surface area contributed by atoms with Crippen molar-refractivity contribution in [3.05, 3.63) is 0 Å². The molecule has 1 saturated carbocycles. The zero-order chi connectivity index (χ0) is 10.2. The molecule has 2 aliphatic rings. The summed E-state index contributed by atoms with van der Waals surface area (Å²) in [5.41, 5.74) is 4.69. The molecule has 2 rings (SSSR count). The number of carbonyl (C=O) groups excluding carboxylic acids is 1. The lowest BCUT2D eigenvalue weighted by atomic mass is 9.71. The Kier molecular flexibility index (Phi) is 2.49. The number of methoxy groups -OCH3 is 1. The van der Waals surface area contributed by atoms with Crippen LogP contribution in [0.25, 0.3) is 0 Å². The third-order valence-corrected chi connectivity index (χ3v) is 3.45. The summed E-state index contributed by atoms with van der Waals surface area (Å²) in [6.07, 6.45) is 2.59. The van der Waals surface area contributed by atoms with Gasteiger partial charge in [-0.1, -0.05) is 0 Å². The van der Waals surface area contributed by atoms with Crippen LogP contribution in [0.3, 0.4) is 0 Å². The average Bonchev–Trinajstić information content (AvgIpc) is 2.16. The monoisotopic (exact) mass is 199 g/mol. The minimum absolute atomic E-state index is 0.323. The smallest absolute Gasteiger partial charge is 0.249 e. The number of hydrogen-bond acceptors (Lipinski definition) is 3. The Morgan fingerprint density at radius 1 is 1.43 bits per heavy atom. The fraction of sp³-hybridized carbons (Fsp3) is 0.900. The quantitative estimate of drug-likeness (QED) is 0.696. The molecule has 0 aromatic carbocycles. The van der Waals surface area contributed by atoms with E-state index in [0.717, 1.165) is 32.5 Å². The SMILES string of the molecule is COC1(C(N)=O)CC2COCC(C2)C1. The summed E-state index contributed by atoms with van der Waals surface area (Å²) in [6.45, 7) is 1.49. The average molecular weight is 199 g/mol. The summed E-state index contributed by atoms with van der Waals surface area (Å²) in [6, 6.07) is 0. The number of primary amides is 1. The molecule has 80 valence electrons. The van der Waals surface area contributed by atoms with Crippen molar-refractivity contribution in [3.8, 4) is 0 Å². The van der Waals surface area contributed by atoms with E-state index in [1.807, 2.05) is 0 Å². The van der Waals surface area contributed by atoms with Gasteiger partial charge in [-0.05, 0) is 31.1 Å². The minimum Gasteiger partial charge on any atom is -0.381 e. The van der Waals surface area contributed by atoms with Gasteiger partial charge in [0.15, 0.2) is 0 Å². The van der Waals surface area contributed by atoms with Crippen LogP contribution < -0.4 is 5.73 Å². The first-order valence-electron chi connectivity index (χ1n) is 5.09. The molecule has 2 fully saturated rings. The van der Waals surface area contributed by atoms with E-state index in [1.54, 1.807) is 7.11 Å². The van der Waals surface area contributed by atoms with Crippen LogP contribution in [0.4, 0.5) is 0 Å². The molecule has 14 heavy (non-hydrogen) atoms. The van der Waals surface area contributed by atoms with Gasteiger partial charge >= 0.3 is 0 Å². The lowest BCUT2D eigenvalue weighted by molar-refractivity contribution is -0.158. The number of nitrogens with two attached hydrogens (primary N) is 1. The van der Waals surface area contributed by atoms with Crippen molar-refractivity contribution in [1.82, 2.24) is 0 Å². The van der Waals surface area contributed by atoms with Gasteiger partial charge in [0.25, 0.3) is 0 Å². The highest BCUT2D eigenvalue weighted by Crippen LogP contribution is 2.41. The largest absolute Gasteiger partial charge is 0.381 e. The molecule has 0 aromatic rings. The molecule has 2 unspecified atom stereocenters. The van der Waals surface area contributed by atoms with Gasteiger partial charge in [-0.15, -0.1) is 0 Å². The molecule has 2 bridgehead atoms. The summed E-state index contributed by atoms with van der Waals surface area (Å²) in [5.74, 6) is 0.557. The van der Waals surface area contributed by atoms with E-state index in [9.17, 15) is 4.79 Å². The van der Waals surface area contributed by atoms with Crippen molar-refractivity contribution in [2.75, 3.05) is 20.3 Å². The molecule has 2 N–H and O–H groups in total. The maximum atomic E-state index is 11.4. The van der Waals surface area contributed by atoms with Crippen LogP contribution in [0.15, 0.2) is 0 Å². The Morgan fingerprint density at radius 3 is 2.43 bits per heavy atom. The third kappa shape index (κ3) is 1.53. The molecule has 1 aliphatic carbocycles. The van der Waals surface area contributed by atoms with E-state index in [4.69, 9.17) is 15.2 Å². The minimum atomic E-state index is -0.725. The van der Waals surface area contributed by atoms with Crippen LogP contribution in [0.5, 0.6) is 0 Å². The van der Waals surface area contributed by atoms with E-state index in [-0.39, 0.29) is 5.91 Å². The zero-order valence-corrected chi connectivity index (χ0v) is 8.49. The van der Waals surface area contributed by atoms with Gasteiger partial charge in [-0.2, -0.15) is 0 Å². The highest BCUT2D eigenvalue weighted by Gasteiger charge is 2.46. The van der Waals surface area contributed by atoms with Crippen LogP contribution in [0, 0.1) is 11.8 Å². The predicted molar refractivity (Wildman–Crippen MR) is 50.6 cm³/mol. The van der Waals surface area contributed by atoms with Crippen LogP contribution >= 0.6 is 0 Å². The predicted octanol–water partition coefficient (Wildman–Crippen LogP) is 0.303. The summed E-state index contributed by atoms with van der Waals surface area (Å²) in [5, 5.41) is 0. The van der Waals surface area contributed by atoms with Crippen LogP contribution in [0.1, 0.15) is 19.3 Å². The Hall–Kier alpha value is -0.610. The standard InChI is InChI=1S/C10H17NO3/c1-13-10(9(11)12)3-7-2-8(4-10)6-14-5-7/h7-8H,2-6H2,1H3,(H2,11,12). The Labute approximate surface area is 83.7 Å². The van der Waals surface area contributed by atoms with E-state index >= 15 is 0 Å². The van der Waals surface area contributed by atoms with Crippen LogP contribution in [0.2, 0.25) is 0 Å². The Bertz CT molecular complexity index is 230. The molecular formula is C10H17NO3. The van der Waals surface area contributed by atoms with Gasteiger partial charge in [0.05, 0.1) is 0 Å². The van der Waals surface area contributed by atoms with Gasteiger partial charge in [-0.3, -0.25) is 4.79 Å². The van der Waals surface area contributed by atoms with Gasteiger partial charge in [0.1, 0.15) is 5.60 Å². The fourth-order valence-corrected chi connectivity index (χ4v) is 2.78. The molecule has 1 aliphatic heterocycles. The maximum absolute atomic E-state index is 11.4. The third-order valence-electron chi connectivity index (χ3n) is 3.45. The van der Waals surface area contributed by atoms with Gasteiger partial charge in [0, 0.05) is 20.3 Å². The van der Waals surface area contributed by atoms with Crippen molar-refractivity contribution >= 4 is 5.91 Å². The Balaban J connectivity index is 2.16. The molecular weight excluding hydrogens is 182 g/mol. The second kappa shape index (κ2) is 3.51. The second-order valence-corrected chi connectivity index (χ2v) is 4.48. The summed E-state index contributed by atoms with van der Waals surface area (Å²) in [4.78, 5) is 11.4. The van der Waals surface area contributed by atoms with Crippen LogP contribution in [-0.2, 0) is 14.3 Å². The zero-order valence-electron chi connectivity index (χ0n) is 8.49. The number of hydrogen-bond donors (Lipinski definition) is 1. The van der Waals surface area contributed by atoms with Crippen molar-refractivity contribution in [2.45, 2.75) is 24.9 Å². The number of ether oxygens (including phenoxy) is 2. The molecule has 0 spiro atoms. The van der Waals surface area contributed by atoms with E-state index < -0.39 is 5.60 Å². The molecule has 2 atom stereocenters. The van der Waals surface area contributed by atoms with Gasteiger partial charge < -0.3 is 15.2 Å². The van der Waals surface area contributed by atoms with Gasteiger partial charge in [0.2, 0.25) is 5.91 Å². The first-order valence-corrected chi connectivity index (χ1v) is 5.09. The first kappa shape index (κ1) is 9.93. The topological polar surface area (TPSA) is 61.5 Å². The van der Waals surface area contributed by atoms with Gasteiger partial charge in [-0.25, -0.2) is 0 Å². The van der Waals surface area contributed by atoms with Crippen molar-refractivity contribution < 1.29 is 14.3 Å². The number of amides is 1. The molecule has 1 saturated heterocycles. The molecule has 4 nitrogen and oxygen atoms in total. The summed E-state index contributed by atoms with van der Waals surface area (Å²) < 4.78 is 10.8. The summed E-state index contributed by atoms with van der Waals surface area (Å²) >= 11 is 0.